The number of hydrogen-bond donors (Lipinski definition) is 1. The SMILES string of the molecule is Nc1cc(F)ccc1C(=O)OC1CCOCC1. The third-order valence-corrected chi connectivity index (χ3v) is 2.68. The minimum Gasteiger partial charge on any atom is -0.459 e. The molecule has 1 saturated heterocycles. The molecular weight excluding hydrogens is 225 g/mol. The van der Waals surface area contributed by atoms with E-state index in [-0.39, 0.29) is 17.4 Å². The summed E-state index contributed by atoms with van der Waals surface area (Å²) in [4.78, 5) is 11.8. The van der Waals surface area contributed by atoms with E-state index in [4.69, 9.17) is 15.2 Å². The van der Waals surface area contributed by atoms with Gasteiger partial charge in [0.05, 0.1) is 18.8 Å². The van der Waals surface area contributed by atoms with E-state index in [2.05, 4.69) is 0 Å². The second-order valence-electron chi connectivity index (χ2n) is 3.95. The van der Waals surface area contributed by atoms with Crippen molar-refractivity contribution >= 4 is 11.7 Å². The van der Waals surface area contributed by atoms with Crippen LogP contribution in [0.5, 0.6) is 0 Å². The molecule has 1 aromatic carbocycles. The molecule has 0 atom stereocenters. The summed E-state index contributed by atoms with van der Waals surface area (Å²) in [6.07, 6.45) is 1.24. The molecule has 0 aliphatic carbocycles. The summed E-state index contributed by atoms with van der Waals surface area (Å²) in [6, 6.07) is 3.64. The van der Waals surface area contributed by atoms with Crippen molar-refractivity contribution in [1.82, 2.24) is 0 Å². The van der Waals surface area contributed by atoms with Crippen LogP contribution < -0.4 is 5.73 Å². The molecule has 1 heterocycles. The van der Waals surface area contributed by atoms with Crippen molar-refractivity contribution < 1.29 is 18.7 Å². The lowest BCUT2D eigenvalue weighted by molar-refractivity contribution is -0.0158. The number of hydrogen-bond acceptors (Lipinski definition) is 4. The zero-order valence-electron chi connectivity index (χ0n) is 9.32. The summed E-state index contributed by atoms with van der Waals surface area (Å²) in [5, 5.41) is 0. The van der Waals surface area contributed by atoms with Crippen LogP contribution in [0.1, 0.15) is 23.2 Å². The quantitative estimate of drug-likeness (QED) is 0.630. The number of nitrogens with two attached hydrogens (primary N) is 1. The first-order chi connectivity index (χ1) is 8.16. The van der Waals surface area contributed by atoms with Gasteiger partial charge in [-0.1, -0.05) is 0 Å². The van der Waals surface area contributed by atoms with Crippen molar-refractivity contribution in [2.75, 3.05) is 18.9 Å². The van der Waals surface area contributed by atoms with Crippen molar-refractivity contribution in [1.29, 1.82) is 0 Å². The zero-order chi connectivity index (χ0) is 12.3. The van der Waals surface area contributed by atoms with Crippen LogP contribution in [0.25, 0.3) is 0 Å². The van der Waals surface area contributed by atoms with E-state index in [1.807, 2.05) is 0 Å². The Morgan fingerprint density at radius 3 is 2.76 bits per heavy atom. The molecule has 0 aromatic heterocycles. The molecule has 1 aromatic rings. The fraction of sp³-hybridized carbons (Fsp3) is 0.417. The van der Waals surface area contributed by atoms with Crippen LogP contribution in [-0.2, 0) is 9.47 Å². The molecule has 5 heteroatoms. The highest BCUT2D eigenvalue weighted by molar-refractivity contribution is 5.95. The second-order valence-corrected chi connectivity index (χ2v) is 3.95. The Morgan fingerprint density at radius 2 is 2.12 bits per heavy atom. The van der Waals surface area contributed by atoms with Crippen LogP contribution in [0.15, 0.2) is 18.2 Å². The maximum atomic E-state index is 12.8. The monoisotopic (exact) mass is 239 g/mol. The van der Waals surface area contributed by atoms with Gasteiger partial charge in [-0.2, -0.15) is 0 Å². The summed E-state index contributed by atoms with van der Waals surface area (Å²) in [5.74, 6) is -0.973. The van der Waals surface area contributed by atoms with Gasteiger partial charge in [0.2, 0.25) is 0 Å². The number of halogens is 1. The highest BCUT2D eigenvalue weighted by Crippen LogP contribution is 2.18. The van der Waals surface area contributed by atoms with Gasteiger partial charge in [0.15, 0.2) is 0 Å². The third-order valence-electron chi connectivity index (χ3n) is 2.68. The maximum absolute atomic E-state index is 12.8. The first-order valence-electron chi connectivity index (χ1n) is 5.50. The van der Waals surface area contributed by atoms with Crippen LogP contribution >= 0.6 is 0 Å². The predicted octanol–water partition coefficient (Wildman–Crippen LogP) is 1.74. The Labute approximate surface area is 98.5 Å². The predicted molar refractivity (Wildman–Crippen MR) is 60.1 cm³/mol. The number of benzene rings is 1. The Morgan fingerprint density at radius 1 is 1.41 bits per heavy atom. The molecule has 4 nitrogen and oxygen atoms in total. The number of anilines is 1. The van der Waals surface area contributed by atoms with Gasteiger partial charge >= 0.3 is 5.97 Å². The van der Waals surface area contributed by atoms with Gasteiger partial charge in [0.25, 0.3) is 0 Å². The molecule has 0 amide bonds. The van der Waals surface area contributed by atoms with Crippen molar-refractivity contribution in [2.24, 2.45) is 0 Å². The van der Waals surface area contributed by atoms with Crippen molar-refractivity contribution in [3.8, 4) is 0 Å². The molecule has 1 aliphatic rings. The molecule has 2 rings (SSSR count). The average Bonchev–Trinajstić information content (AvgIpc) is 2.30. The normalized spacial score (nSPS) is 16.8. The molecule has 2 N–H and O–H groups in total. The first kappa shape index (κ1) is 11.9. The minimum atomic E-state index is -0.505. The summed E-state index contributed by atoms with van der Waals surface area (Å²) in [6.45, 7) is 1.19. The fourth-order valence-electron chi connectivity index (χ4n) is 1.73. The van der Waals surface area contributed by atoms with Crippen molar-refractivity contribution in [2.45, 2.75) is 18.9 Å². The van der Waals surface area contributed by atoms with Gasteiger partial charge < -0.3 is 15.2 Å². The summed E-state index contributed by atoms with van der Waals surface area (Å²) in [5.41, 5.74) is 5.87. The molecule has 0 radical (unpaired) electrons. The van der Waals surface area contributed by atoms with Gasteiger partial charge in [-0.05, 0) is 18.2 Å². The van der Waals surface area contributed by atoms with Gasteiger partial charge in [-0.25, -0.2) is 9.18 Å². The Bertz CT molecular complexity index is 416. The lowest BCUT2D eigenvalue weighted by atomic mass is 10.1. The molecule has 17 heavy (non-hydrogen) atoms. The zero-order valence-corrected chi connectivity index (χ0v) is 9.32. The van der Waals surface area contributed by atoms with Crippen LogP contribution in [-0.4, -0.2) is 25.3 Å². The van der Waals surface area contributed by atoms with Gasteiger partial charge in [0, 0.05) is 18.5 Å². The highest BCUT2D eigenvalue weighted by Gasteiger charge is 2.20. The van der Waals surface area contributed by atoms with Gasteiger partial charge in [-0.15, -0.1) is 0 Å². The average molecular weight is 239 g/mol. The second kappa shape index (κ2) is 5.14. The maximum Gasteiger partial charge on any atom is 0.340 e. The van der Waals surface area contributed by atoms with Gasteiger partial charge in [-0.3, -0.25) is 0 Å². The largest absolute Gasteiger partial charge is 0.459 e. The Hall–Kier alpha value is -1.62. The molecule has 0 unspecified atom stereocenters. The van der Waals surface area contributed by atoms with Crippen molar-refractivity contribution in [3.63, 3.8) is 0 Å². The number of esters is 1. The summed E-state index contributed by atoms with van der Waals surface area (Å²) < 4.78 is 23.3. The fourth-order valence-corrected chi connectivity index (χ4v) is 1.73. The van der Waals surface area contributed by atoms with Crippen molar-refractivity contribution in [3.05, 3.63) is 29.6 Å². The number of rotatable bonds is 2. The van der Waals surface area contributed by atoms with E-state index in [9.17, 15) is 9.18 Å². The first-order valence-corrected chi connectivity index (χ1v) is 5.50. The van der Waals surface area contributed by atoms with Gasteiger partial charge in [0.1, 0.15) is 11.9 Å². The van der Waals surface area contributed by atoms with Crippen LogP contribution in [0.2, 0.25) is 0 Å². The van der Waals surface area contributed by atoms with E-state index in [0.29, 0.717) is 26.1 Å². The Kier molecular flexibility index (Phi) is 3.58. The lowest BCUT2D eigenvalue weighted by Gasteiger charge is -2.22. The minimum absolute atomic E-state index is 0.0991. The standard InChI is InChI=1S/C12H14FNO3/c13-8-1-2-10(11(14)7-8)12(15)17-9-3-5-16-6-4-9/h1-2,7,9H,3-6,14H2. The van der Waals surface area contributed by atoms with Crippen LogP contribution in [0.3, 0.4) is 0 Å². The van der Waals surface area contributed by atoms with Crippen LogP contribution in [0, 0.1) is 5.82 Å². The number of ether oxygens (including phenoxy) is 2. The van der Waals surface area contributed by atoms with E-state index < -0.39 is 11.8 Å². The summed E-state index contributed by atoms with van der Waals surface area (Å²) >= 11 is 0. The topological polar surface area (TPSA) is 61.6 Å². The summed E-state index contributed by atoms with van der Waals surface area (Å²) in [7, 11) is 0. The molecule has 1 aliphatic heterocycles. The number of nitrogen functional groups attached to an aromatic ring is 1. The molecule has 0 saturated carbocycles. The van der Waals surface area contributed by atoms with Crippen LogP contribution in [0.4, 0.5) is 10.1 Å². The number of carbonyl (C=O) groups excluding carboxylic acids is 1. The van der Waals surface area contributed by atoms with E-state index in [1.54, 1.807) is 0 Å². The smallest absolute Gasteiger partial charge is 0.340 e. The Balaban J connectivity index is 2.03. The highest BCUT2D eigenvalue weighted by atomic mass is 19.1. The van der Waals surface area contributed by atoms with E-state index >= 15 is 0 Å². The molecular formula is C12H14FNO3. The van der Waals surface area contributed by atoms with E-state index in [1.165, 1.54) is 12.1 Å². The number of carbonyl (C=O) groups is 1. The molecule has 0 bridgehead atoms. The molecule has 1 fully saturated rings. The van der Waals surface area contributed by atoms with E-state index in [0.717, 1.165) is 6.07 Å². The molecule has 0 spiro atoms. The molecule has 92 valence electrons. The lowest BCUT2D eigenvalue weighted by Crippen LogP contribution is -2.26. The third kappa shape index (κ3) is 2.94.